The number of nitrogens with zero attached hydrogens (tertiary/aromatic N) is 3. The number of carbonyl (C=O) groups is 2. The number of esters is 1. The van der Waals surface area contributed by atoms with Crippen LogP contribution in [0.15, 0.2) is 24.3 Å². The molecule has 0 unspecified atom stereocenters. The van der Waals surface area contributed by atoms with Crippen molar-refractivity contribution in [1.82, 2.24) is 9.88 Å². The first-order valence-corrected chi connectivity index (χ1v) is 11.0. The van der Waals surface area contributed by atoms with Crippen molar-refractivity contribution in [2.45, 2.75) is 38.9 Å². The molecule has 2 aromatic rings. The molecule has 156 valence electrons. The van der Waals surface area contributed by atoms with E-state index in [1.54, 1.807) is 16.2 Å². The van der Waals surface area contributed by atoms with E-state index in [0.717, 1.165) is 34.7 Å². The lowest BCUT2D eigenvalue weighted by Crippen LogP contribution is -2.49. The lowest BCUT2D eigenvalue weighted by atomic mass is 9.99. The maximum Gasteiger partial charge on any atom is 0.311 e. The lowest BCUT2D eigenvalue weighted by molar-refractivity contribution is -0.159. The second-order valence-corrected chi connectivity index (χ2v) is 8.92. The van der Waals surface area contributed by atoms with Gasteiger partial charge in [-0.1, -0.05) is 23.5 Å². The molecule has 7 nitrogen and oxygen atoms in total. The quantitative estimate of drug-likeness (QED) is 0.713. The van der Waals surface area contributed by atoms with Crippen LogP contribution in [0.25, 0.3) is 10.2 Å². The van der Waals surface area contributed by atoms with Gasteiger partial charge < -0.3 is 19.3 Å². The lowest BCUT2D eigenvalue weighted by Gasteiger charge is -2.35. The first-order valence-electron chi connectivity index (χ1n) is 10.2. The number of thiazole rings is 1. The van der Waals surface area contributed by atoms with E-state index in [4.69, 9.17) is 14.5 Å². The maximum atomic E-state index is 12.6. The normalized spacial score (nSPS) is 25.2. The van der Waals surface area contributed by atoms with Crippen LogP contribution in [0.1, 0.15) is 26.7 Å². The van der Waals surface area contributed by atoms with E-state index >= 15 is 0 Å². The molecule has 0 N–H and O–H groups in total. The minimum Gasteiger partial charge on any atom is -0.455 e. The predicted molar refractivity (Wildman–Crippen MR) is 112 cm³/mol. The number of amides is 1. The zero-order valence-corrected chi connectivity index (χ0v) is 17.7. The summed E-state index contributed by atoms with van der Waals surface area (Å²) in [5, 5.41) is 0.941. The summed E-state index contributed by atoms with van der Waals surface area (Å²) in [6, 6.07) is 8.05. The number of aromatic nitrogens is 1. The molecule has 0 spiro atoms. The highest BCUT2D eigenvalue weighted by Gasteiger charge is 2.30. The average molecular weight is 418 g/mol. The first kappa shape index (κ1) is 20.1. The van der Waals surface area contributed by atoms with Gasteiger partial charge in [0.25, 0.3) is 5.91 Å². The van der Waals surface area contributed by atoms with Crippen LogP contribution >= 0.6 is 11.3 Å². The molecule has 0 radical (unpaired) electrons. The number of ether oxygens (including phenoxy) is 2. The molecule has 1 amide bonds. The summed E-state index contributed by atoms with van der Waals surface area (Å²) in [4.78, 5) is 33.6. The highest BCUT2D eigenvalue weighted by Crippen LogP contribution is 2.31. The van der Waals surface area contributed by atoms with Crippen molar-refractivity contribution in [3.05, 3.63) is 24.3 Å². The first-order chi connectivity index (χ1) is 14.0. The Hall–Kier alpha value is -2.19. The van der Waals surface area contributed by atoms with E-state index in [9.17, 15) is 9.59 Å². The molecule has 1 aromatic heterocycles. The van der Waals surface area contributed by atoms with Crippen molar-refractivity contribution >= 4 is 38.6 Å². The van der Waals surface area contributed by atoms with Gasteiger partial charge in [-0.3, -0.25) is 9.59 Å². The number of fused-ring (bicyclic) bond motifs is 1. The number of morpholine rings is 1. The molecule has 3 heterocycles. The number of rotatable bonds is 4. The summed E-state index contributed by atoms with van der Waals surface area (Å²) >= 11 is 1.65. The fourth-order valence-corrected chi connectivity index (χ4v) is 5.06. The van der Waals surface area contributed by atoms with Gasteiger partial charge in [0.15, 0.2) is 11.7 Å². The van der Waals surface area contributed by atoms with Crippen molar-refractivity contribution in [3.8, 4) is 0 Å². The topological polar surface area (TPSA) is 72.0 Å². The molecular weight excluding hydrogens is 390 g/mol. The second kappa shape index (κ2) is 8.67. The average Bonchev–Trinajstić information content (AvgIpc) is 3.15. The van der Waals surface area contributed by atoms with Gasteiger partial charge in [0.05, 0.1) is 28.3 Å². The van der Waals surface area contributed by atoms with Crippen molar-refractivity contribution in [2.24, 2.45) is 5.92 Å². The molecule has 8 heteroatoms. The molecule has 29 heavy (non-hydrogen) atoms. The Morgan fingerprint density at radius 1 is 1.21 bits per heavy atom. The minimum absolute atomic E-state index is 0.000821. The highest BCUT2D eigenvalue weighted by atomic mass is 32.1. The number of anilines is 1. The van der Waals surface area contributed by atoms with E-state index in [2.05, 4.69) is 11.0 Å². The zero-order chi connectivity index (χ0) is 20.4. The third-order valence-corrected chi connectivity index (χ3v) is 6.52. The Labute approximate surface area is 174 Å². The van der Waals surface area contributed by atoms with Crippen LogP contribution in [0.3, 0.4) is 0 Å². The van der Waals surface area contributed by atoms with Gasteiger partial charge >= 0.3 is 5.97 Å². The summed E-state index contributed by atoms with van der Waals surface area (Å²) in [7, 11) is 0. The number of hydrogen-bond donors (Lipinski definition) is 0. The summed E-state index contributed by atoms with van der Waals surface area (Å²) in [5.41, 5.74) is 0.983. The van der Waals surface area contributed by atoms with E-state index in [0.29, 0.717) is 19.6 Å². The molecule has 3 atom stereocenters. The molecule has 0 bridgehead atoms. The molecule has 0 saturated carbocycles. The predicted octanol–water partition coefficient (Wildman–Crippen LogP) is 2.69. The summed E-state index contributed by atoms with van der Waals surface area (Å²) in [6.07, 6.45) is 1.68. The standard InChI is InChI=1S/C21H27N3O4S/c1-14-10-24(11-15(2)28-14)19(25)13-27-20(26)16-6-5-9-23(12-16)21-22-17-7-3-4-8-18(17)29-21/h3-4,7-8,14-16H,5-6,9-13H2,1-2H3/t14-,15-,16-/m1/s1. The fraction of sp³-hybridized carbons (Fsp3) is 0.571. The number of carbonyl (C=O) groups excluding carboxylic acids is 2. The molecule has 2 fully saturated rings. The van der Waals surface area contributed by atoms with Crippen LogP contribution < -0.4 is 4.90 Å². The van der Waals surface area contributed by atoms with Gasteiger partial charge in [0, 0.05) is 26.2 Å². The largest absolute Gasteiger partial charge is 0.455 e. The second-order valence-electron chi connectivity index (χ2n) is 7.91. The van der Waals surface area contributed by atoms with Crippen molar-refractivity contribution in [1.29, 1.82) is 0 Å². The van der Waals surface area contributed by atoms with Crippen LogP contribution in [0.5, 0.6) is 0 Å². The van der Waals surface area contributed by atoms with E-state index in [1.807, 2.05) is 32.0 Å². The Morgan fingerprint density at radius 2 is 1.97 bits per heavy atom. The Balaban J connectivity index is 1.32. The Kier molecular flexibility index (Phi) is 6.01. The molecule has 4 rings (SSSR count). The third kappa shape index (κ3) is 4.70. The van der Waals surface area contributed by atoms with E-state index in [1.165, 1.54) is 0 Å². The van der Waals surface area contributed by atoms with Crippen molar-refractivity contribution in [2.75, 3.05) is 37.7 Å². The number of hydrogen-bond acceptors (Lipinski definition) is 7. The Morgan fingerprint density at radius 3 is 2.72 bits per heavy atom. The van der Waals surface area contributed by atoms with Gasteiger partial charge in [-0.15, -0.1) is 0 Å². The van der Waals surface area contributed by atoms with Gasteiger partial charge in [0.2, 0.25) is 0 Å². The van der Waals surface area contributed by atoms with E-state index < -0.39 is 0 Å². The minimum atomic E-state index is -0.293. The molecule has 2 aliphatic heterocycles. The molecule has 1 aromatic carbocycles. The zero-order valence-electron chi connectivity index (χ0n) is 16.9. The van der Waals surface area contributed by atoms with Crippen LogP contribution in [0.4, 0.5) is 5.13 Å². The van der Waals surface area contributed by atoms with Crippen LogP contribution in [0, 0.1) is 5.92 Å². The smallest absolute Gasteiger partial charge is 0.311 e. The van der Waals surface area contributed by atoms with Crippen LogP contribution in [-0.4, -0.2) is 66.8 Å². The van der Waals surface area contributed by atoms with Crippen LogP contribution in [-0.2, 0) is 19.1 Å². The van der Waals surface area contributed by atoms with Crippen molar-refractivity contribution in [3.63, 3.8) is 0 Å². The fourth-order valence-electron chi connectivity index (χ4n) is 4.06. The van der Waals surface area contributed by atoms with Gasteiger partial charge in [0.1, 0.15) is 0 Å². The highest BCUT2D eigenvalue weighted by molar-refractivity contribution is 7.22. The van der Waals surface area contributed by atoms with Crippen LogP contribution in [0.2, 0.25) is 0 Å². The summed E-state index contributed by atoms with van der Waals surface area (Å²) in [6.45, 7) is 6.23. The SMILES string of the molecule is C[C@@H]1CN(C(=O)COC(=O)[C@@H]2CCCN(c3nc4ccccc4s3)C2)C[C@@H](C)O1. The monoisotopic (exact) mass is 417 g/mol. The third-order valence-electron chi connectivity index (χ3n) is 5.42. The van der Waals surface area contributed by atoms with Crippen molar-refractivity contribution < 1.29 is 19.1 Å². The van der Waals surface area contributed by atoms with Gasteiger partial charge in [-0.05, 0) is 38.8 Å². The summed E-state index contributed by atoms with van der Waals surface area (Å²) in [5.74, 6) is -0.677. The van der Waals surface area contributed by atoms with Gasteiger partial charge in [-0.25, -0.2) is 4.98 Å². The Bertz CT molecular complexity index is 843. The molecular formula is C21H27N3O4S. The number of piperidine rings is 1. The summed E-state index contributed by atoms with van der Waals surface area (Å²) < 4.78 is 12.2. The number of para-hydroxylation sites is 1. The molecule has 0 aliphatic carbocycles. The molecule has 2 aliphatic rings. The van der Waals surface area contributed by atoms with E-state index in [-0.39, 0.29) is 36.6 Å². The van der Waals surface area contributed by atoms with Gasteiger partial charge in [-0.2, -0.15) is 0 Å². The number of benzene rings is 1. The molecule has 2 saturated heterocycles. The maximum absolute atomic E-state index is 12.6.